The van der Waals surface area contributed by atoms with Gasteiger partial charge in [0.2, 0.25) is 5.91 Å². The summed E-state index contributed by atoms with van der Waals surface area (Å²) in [4.78, 5) is 14.2. The number of nitrogens with zero attached hydrogens (tertiary/aromatic N) is 1. The van der Waals surface area contributed by atoms with Crippen LogP contribution in [0, 0.1) is 6.92 Å². The van der Waals surface area contributed by atoms with Gasteiger partial charge in [-0.25, -0.2) is 0 Å². The molecule has 1 aromatic carbocycles. The Kier molecular flexibility index (Phi) is 5.29. The Morgan fingerprint density at radius 3 is 2.45 bits per heavy atom. The fraction of sp³-hybridized carbons (Fsp3) is 0.588. The van der Waals surface area contributed by atoms with E-state index >= 15 is 0 Å². The molecular weight excluding hydrogens is 280 g/mol. The minimum absolute atomic E-state index is 0.100. The number of rotatable bonds is 7. The Labute approximate surface area is 132 Å². The van der Waals surface area contributed by atoms with Crippen molar-refractivity contribution in [2.75, 3.05) is 21.3 Å². The molecule has 1 aliphatic rings. The van der Waals surface area contributed by atoms with Gasteiger partial charge < -0.3 is 14.8 Å². The predicted octanol–water partition coefficient (Wildman–Crippen LogP) is 2.11. The molecule has 0 spiro atoms. The van der Waals surface area contributed by atoms with Crippen molar-refractivity contribution < 1.29 is 14.3 Å². The normalized spacial score (nSPS) is 15.5. The van der Waals surface area contributed by atoms with Gasteiger partial charge >= 0.3 is 0 Å². The zero-order valence-electron chi connectivity index (χ0n) is 14.1. The number of carbonyl (C=O) groups excluding carboxylic acids is 1. The molecule has 0 bridgehead atoms. The highest BCUT2D eigenvalue weighted by Crippen LogP contribution is 2.31. The Bertz CT molecular complexity index is 541. The zero-order chi connectivity index (χ0) is 16.3. The summed E-state index contributed by atoms with van der Waals surface area (Å²) in [6.07, 6.45) is 2.22. The van der Waals surface area contributed by atoms with Crippen molar-refractivity contribution in [3.8, 4) is 11.5 Å². The second kappa shape index (κ2) is 7.01. The summed E-state index contributed by atoms with van der Waals surface area (Å²) in [5.41, 5.74) is 2.26. The smallest absolute Gasteiger partial charge is 0.237 e. The Morgan fingerprint density at radius 1 is 1.32 bits per heavy atom. The van der Waals surface area contributed by atoms with Crippen LogP contribution in [0.2, 0.25) is 0 Å². The van der Waals surface area contributed by atoms with Crippen molar-refractivity contribution in [1.82, 2.24) is 10.2 Å². The number of hydrogen-bond acceptors (Lipinski definition) is 4. The third-order valence-corrected chi connectivity index (χ3v) is 4.23. The van der Waals surface area contributed by atoms with E-state index in [0.29, 0.717) is 18.3 Å². The average Bonchev–Trinajstić information content (AvgIpc) is 3.31. The van der Waals surface area contributed by atoms with Gasteiger partial charge in [0.15, 0.2) is 11.5 Å². The molecule has 22 heavy (non-hydrogen) atoms. The summed E-state index contributed by atoms with van der Waals surface area (Å²) in [7, 11) is 5.23. The summed E-state index contributed by atoms with van der Waals surface area (Å²) >= 11 is 0. The number of ether oxygens (including phenoxy) is 2. The van der Waals surface area contributed by atoms with E-state index in [1.807, 2.05) is 37.9 Å². The molecule has 5 heteroatoms. The number of amides is 1. The van der Waals surface area contributed by atoms with Gasteiger partial charge in [0.25, 0.3) is 0 Å². The minimum atomic E-state index is -0.159. The van der Waals surface area contributed by atoms with Crippen molar-refractivity contribution in [3.63, 3.8) is 0 Å². The lowest BCUT2D eigenvalue weighted by atomic mass is 10.1. The Morgan fingerprint density at radius 2 is 1.91 bits per heavy atom. The van der Waals surface area contributed by atoms with Crippen LogP contribution < -0.4 is 14.8 Å². The monoisotopic (exact) mass is 306 g/mol. The number of carbonyl (C=O) groups is 1. The molecule has 1 fully saturated rings. The molecule has 5 nitrogen and oxygen atoms in total. The first-order valence-electron chi connectivity index (χ1n) is 7.68. The van der Waals surface area contributed by atoms with Crippen LogP contribution in [0.15, 0.2) is 12.1 Å². The molecule has 0 aliphatic heterocycles. The van der Waals surface area contributed by atoms with E-state index in [2.05, 4.69) is 5.32 Å². The number of methoxy groups -OCH3 is 2. The van der Waals surface area contributed by atoms with Crippen molar-refractivity contribution >= 4 is 5.91 Å². The van der Waals surface area contributed by atoms with Crippen LogP contribution in [0.3, 0.4) is 0 Å². The van der Waals surface area contributed by atoms with Gasteiger partial charge in [-0.3, -0.25) is 9.69 Å². The van der Waals surface area contributed by atoms with Gasteiger partial charge in [-0.2, -0.15) is 0 Å². The summed E-state index contributed by atoms with van der Waals surface area (Å²) in [6, 6.07) is 4.19. The van der Waals surface area contributed by atoms with Crippen LogP contribution in [0.4, 0.5) is 0 Å². The van der Waals surface area contributed by atoms with Crippen LogP contribution in [0.25, 0.3) is 0 Å². The summed E-state index contributed by atoms with van der Waals surface area (Å²) in [5, 5.41) is 3.05. The van der Waals surface area contributed by atoms with E-state index in [1.54, 1.807) is 14.2 Å². The van der Waals surface area contributed by atoms with E-state index in [4.69, 9.17) is 9.47 Å². The number of aryl methyl sites for hydroxylation is 1. The fourth-order valence-electron chi connectivity index (χ4n) is 2.35. The Hall–Kier alpha value is -1.75. The maximum Gasteiger partial charge on any atom is 0.237 e. The predicted molar refractivity (Wildman–Crippen MR) is 86.4 cm³/mol. The maximum absolute atomic E-state index is 12.1. The molecule has 0 saturated heterocycles. The van der Waals surface area contributed by atoms with Crippen LogP contribution in [0.5, 0.6) is 11.5 Å². The van der Waals surface area contributed by atoms with Gasteiger partial charge in [0.1, 0.15) is 0 Å². The largest absolute Gasteiger partial charge is 0.493 e. The first-order chi connectivity index (χ1) is 10.5. The van der Waals surface area contributed by atoms with E-state index in [9.17, 15) is 4.79 Å². The topological polar surface area (TPSA) is 50.8 Å². The molecule has 0 heterocycles. The number of nitrogens with one attached hydrogen (secondary N) is 1. The van der Waals surface area contributed by atoms with Crippen molar-refractivity contribution in [1.29, 1.82) is 0 Å². The lowest BCUT2D eigenvalue weighted by Gasteiger charge is -2.25. The molecule has 0 radical (unpaired) electrons. The molecule has 1 saturated carbocycles. The van der Waals surface area contributed by atoms with E-state index < -0.39 is 0 Å². The van der Waals surface area contributed by atoms with Gasteiger partial charge in [0.05, 0.1) is 20.3 Å². The third-order valence-electron chi connectivity index (χ3n) is 4.23. The molecule has 122 valence electrons. The minimum Gasteiger partial charge on any atom is -0.493 e. The van der Waals surface area contributed by atoms with Crippen LogP contribution in [-0.4, -0.2) is 44.2 Å². The van der Waals surface area contributed by atoms with Gasteiger partial charge in [-0.05, 0) is 57.0 Å². The highest BCUT2D eigenvalue weighted by Gasteiger charge is 2.27. The lowest BCUT2D eigenvalue weighted by molar-refractivity contribution is -0.125. The molecule has 1 N–H and O–H groups in total. The van der Waals surface area contributed by atoms with Crippen molar-refractivity contribution in [2.45, 2.75) is 45.3 Å². The summed E-state index contributed by atoms with van der Waals surface area (Å²) in [5.74, 6) is 1.54. The van der Waals surface area contributed by atoms with Gasteiger partial charge in [-0.1, -0.05) is 0 Å². The standard InChI is InChI=1S/C17H26N2O3/c1-11-8-15(21-4)16(22-5)9-13(11)10-19(3)12(2)17(20)18-14-6-7-14/h8-9,12,14H,6-7,10H2,1-5H3,(H,18,20)/t12-/m1/s1. The number of likely N-dealkylation sites (N-methyl/N-ethyl adjacent to an activating group) is 1. The second-order valence-corrected chi connectivity index (χ2v) is 6.01. The van der Waals surface area contributed by atoms with Crippen molar-refractivity contribution in [2.24, 2.45) is 0 Å². The fourth-order valence-corrected chi connectivity index (χ4v) is 2.35. The quantitative estimate of drug-likeness (QED) is 0.838. The molecule has 1 aliphatic carbocycles. The van der Waals surface area contributed by atoms with E-state index in [0.717, 1.165) is 29.7 Å². The highest BCUT2D eigenvalue weighted by molar-refractivity contribution is 5.81. The number of benzene rings is 1. The molecule has 1 aromatic rings. The van der Waals surface area contributed by atoms with Gasteiger partial charge in [-0.15, -0.1) is 0 Å². The van der Waals surface area contributed by atoms with E-state index in [-0.39, 0.29) is 11.9 Å². The average molecular weight is 306 g/mol. The van der Waals surface area contributed by atoms with Crippen LogP contribution >= 0.6 is 0 Å². The van der Waals surface area contributed by atoms with Crippen LogP contribution in [-0.2, 0) is 11.3 Å². The SMILES string of the molecule is COc1cc(C)c(CN(C)[C@H](C)C(=O)NC2CC2)cc1OC. The van der Waals surface area contributed by atoms with Gasteiger partial charge in [0, 0.05) is 12.6 Å². The third kappa shape index (κ3) is 3.91. The molecule has 0 aromatic heterocycles. The molecule has 1 atom stereocenters. The first kappa shape index (κ1) is 16.6. The zero-order valence-corrected chi connectivity index (χ0v) is 14.1. The summed E-state index contributed by atoms with van der Waals surface area (Å²) < 4.78 is 10.7. The second-order valence-electron chi connectivity index (χ2n) is 6.01. The Balaban J connectivity index is 2.06. The van der Waals surface area contributed by atoms with Crippen LogP contribution in [0.1, 0.15) is 30.9 Å². The van der Waals surface area contributed by atoms with Crippen molar-refractivity contribution in [3.05, 3.63) is 23.3 Å². The highest BCUT2D eigenvalue weighted by atomic mass is 16.5. The molecule has 2 rings (SSSR count). The molecule has 0 unspecified atom stereocenters. The lowest BCUT2D eigenvalue weighted by Crippen LogP contribution is -2.43. The van der Waals surface area contributed by atoms with E-state index in [1.165, 1.54) is 0 Å². The maximum atomic E-state index is 12.1. The summed E-state index contributed by atoms with van der Waals surface area (Å²) in [6.45, 7) is 4.67. The number of hydrogen-bond donors (Lipinski definition) is 1. The first-order valence-corrected chi connectivity index (χ1v) is 7.68. The molecular formula is C17H26N2O3. The molecule has 1 amide bonds.